The monoisotopic (exact) mass is 272 g/mol. The van der Waals surface area contributed by atoms with Crippen LogP contribution in [-0.2, 0) is 0 Å². The van der Waals surface area contributed by atoms with E-state index in [2.05, 4.69) is 15.9 Å². The van der Waals surface area contributed by atoms with E-state index in [-0.39, 0.29) is 16.9 Å². The molecule has 0 aliphatic carbocycles. The third-order valence-electron chi connectivity index (χ3n) is 1.97. The minimum absolute atomic E-state index is 0.0122. The van der Waals surface area contributed by atoms with Crippen molar-refractivity contribution in [1.29, 1.82) is 0 Å². The van der Waals surface area contributed by atoms with Crippen LogP contribution in [0.2, 0.25) is 0 Å². The van der Waals surface area contributed by atoms with Crippen molar-refractivity contribution < 1.29 is 9.18 Å². The van der Waals surface area contributed by atoms with Crippen molar-refractivity contribution >= 4 is 43.1 Å². The quantitative estimate of drug-likeness (QED) is 0.603. The van der Waals surface area contributed by atoms with E-state index in [0.29, 0.717) is 15.6 Å². The fraction of sp³-hybridized carbons (Fsp3) is 0.100. The summed E-state index contributed by atoms with van der Waals surface area (Å²) in [6, 6.07) is 4.79. The number of hydrogen-bond acceptors (Lipinski definition) is 2. The number of Topliss-reactive ketones (excluding diaryl/α,β-unsaturated/α-hetero) is 1. The van der Waals surface area contributed by atoms with E-state index in [1.807, 2.05) is 0 Å². The SMILES string of the molecule is O=C(CBr)c1csc2c(F)cccc12. The number of benzene rings is 1. The summed E-state index contributed by atoms with van der Waals surface area (Å²) >= 11 is 4.37. The highest BCUT2D eigenvalue weighted by Gasteiger charge is 2.12. The van der Waals surface area contributed by atoms with Crippen molar-refractivity contribution in [3.63, 3.8) is 0 Å². The number of carbonyl (C=O) groups excluding carboxylic acids is 1. The second-order valence-electron chi connectivity index (χ2n) is 2.82. The number of alkyl halides is 1. The van der Waals surface area contributed by atoms with Gasteiger partial charge < -0.3 is 0 Å². The number of carbonyl (C=O) groups is 1. The summed E-state index contributed by atoms with van der Waals surface area (Å²) in [6.07, 6.45) is 0. The Labute approximate surface area is 92.7 Å². The Kier molecular flexibility index (Phi) is 2.65. The number of thiophene rings is 1. The van der Waals surface area contributed by atoms with Crippen molar-refractivity contribution in [2.75, 3.05) is 5.33 Å². The molecule has 72 valence electrons. The Hall–Kier alpha value is -0.740. The van der Waals surface area contributed by atoms with Crippen molar-refractivity contribution in [3.05, 3.63) is 35.0 Å². The first-order valence-electron chi connectivity index (χ1n) is 3.99. The van der Waals surface area contributed by atoms with Crippen LogP contribution in [0.25, 0.3) is 10.1 Å². The molecule has 0 aliphatic heterocycles. The topological polar surface area (TPSA) is 17.1 Å². The van der Waals surface area contributed by atoms with E-state index in [1.165, 1.54) is 17.4 Å². The predicted molar refractivity (Wildman–Crippen MR) is 59.9 cm³/mol. The molecule has 0 unspecified atom stereocenters. The second kappa shape index (κ2) is 3.79. The Bertz CT molecular complexity index is 492. The Morgan fingerprint density at radius 1 is 1.50 bits per heavy atom. The maximum absolute atomic E-state index is 13.3. The van der Waals surface area contributed by atoms with Crippen LogP contribution in [0.4, 0.5) is 4.39 Å². The lowest BCUT2D eigenvalue weighted by Gasteiger charge is -1.94. The largest absolute Gasteiger partial charge is 0.293 e. The van der Waals surface area contributed by atoms with Gasteiger partial charge in [-0.05, 0) is 6.07 Å². The molecule has 0 spiro atoms. The lowest BCUT2D eigenvalue weighted by Crippen LogP contribution is -1.97. The maximum Gasteiger partial charge on any atom is 0.174 e. The van der Waals surface area contributed by atoms with Crippen LogP contribution >= 0.6 is 27.3 Å². The molecular weight excluding hydrogens is 267 g/mol. The maximum atomic E-state index is 13.3. The smallest absolute Gasteiger partial charge is 0.174 e. The van der Waals surface area contributed by atoms with Gasteiger partial charge in [0, 0.05) is 16.3 Å². The fourth-order valence-corrected chi connectivity index (χ4v) is 2.59. The minimum atomic E-state index is -0.263. The molecule has 1 nitrogen and oxygen atoms in total. The fourth-order valence-electron chi connectivity index (χ4n) is 1.31. The van der Waals surface area contributed by atoms with Gasteiger partial charge in [0.05, 0.1) is 10.0 Å². The van der Waals surface area contributed by atoms with Crippen LogP contribution in [-0.4, -0.2) is 11.1 Å². The summed E-state index contributed by atoms with van der Waals surface area (Å²) < 4.78 is 13.8. The first kappa shape index (κ1) is 9.80. The van der Waals surface area contributed by atoms with E-state index in [1.54, 1.807) is 17.5 Å². The predicted octanol–water partition coefficient (Wildman–Crippen LogP) is 3.62. The third kappa shape index (κ3) is 1.48. The standard InChI is InChI=1S/C10H6BrFOS/c11-4-9(13)7-5-14-10-6(7)2-1-3-8(10)12/h1-3,5H,4H2. The molecule has 1 heterocycles. The van der Waals surface area contributed by atoms with Gasteiger partial charge in [-0.1, -0.05) is 28.1 Å². The Morgan fingerprint density at radius 3 is 3.00 bits per heavy atom. The van der Waals surface area contributed by atoms with E-state index in [9.17, 15) is 9.18 Å². The molecule has 1 aromatic carbocycles. The first-order valence-corrected chi connectivity index (χ1v) is 5.99. The molecule has 2 rings (SSSR count). The van der Waals surface area contributed by atoms with Gasteiger partial charge in [0.2, 0.25) is 0 Å². The number of fused-ring (bicyclic) bond motifs is 1. The van der Waals surface area contributed by atoms with Crippen molar-refractivity contribution in [2.45, 2.75) is 0 Å². The lowest BCUT2D eigenvalue weighted by molar-refractivity contribution is 0.102. The van der Waals surface area contributed by atoms with E-state index in [4.69, 9.17) is 0 Å². The van der Waals surface area contributed by atoms with Gasteiger partial charge in [0.25, 0.3) is 0 Å². The normalized spacial score (nSPS) is 10.7. The van der Waals surface area contributed by atoms with Gasteiger partial charge in [0.1, 0.15) is 5.82 Å². The zero-order chi connectivity index (χ0) is 10.1. The van der Waals surface area contributed by atoms with Crippen LogP contribution in [0, 0.1) is 5.82 Å². The van der Waals surface area contributed by atoms with Crippen molar-refractivity contribution in [2.24, 2.45) is 0 Å². The van der Waals surface area contributed by atoms with Gasteiger partial charge in [0.15, 0.2) is 5.78 Å². The van der Waals surface area contributed by atoms with E-state index in [0.717, 1.165) is 0 Å². The zero-order valence-electron chi connectivity index (χ0n) is 7.09. The van der Waals surface area contributed by atoms with E-state index >= 15 is 0 Å². The van der Waals surface area contributed by atoms with Gasteiger partial charge >= 0.3 is 0 Å². The molecule has 4 heteroatoms. The summed E-state index contributed by atoms with van der Waals surface area (Å²) in [5.41, 5.74) is 0.598. The van der Waals surface area contributed by atoms with Crippen LogP contribution in [0.1, 0.15) is 10.4 Å². The highest BCUT2D eigenvalue weighted by Crippen LogP contribution is 2.28. The molecule has 2 aromatic rings. The van der Waals surface area contributed by atoms with Crippen molar-refractivity contribution in [3.8, 4) is 0 Å². The summed E-state index contributed by atoms with van der Waals surface area (Å²) in [5.74, 6) is -0.275. The number of ketones is 1. The molecule has 0 saturated heterocycles. The molecule has 0 saturated carbocycles. The van der Waals surface area contributed by atoms with Gasteiger partial charge in [-0.2, -0.15) is 0 Å². The third-order valence-corrected chi connectivity index (χ3v) is 3.49. The molecule has 0 aliphatic rings. The molecular formula is C10H6BrFOS. The van der Waals surface area contributed by atoms with Crippen LogP contribution in [0.15, 0.2) is 23.6 Å². The van der Waals surface area contributed by atoms with Crippen molar-refractivity contribution in [1.82, 2.24) is 0 Å². The molecule has 0 bridgehead atoms. The Morgan fingerprint density at radius 2 is 2.29 bits per heavy atom. The summed E-state index contributed by atoms with van der Waals surface area (Å²) in [5, 5.41) is 2.69. The summed E-state index contributed by atoms with van der Waals surface area (Å²) in [4.78, 5) is 11.4. The molecule has 0 radical (unpaired) electrons. The lowest BCUT2D eigenvalue weighted by atomic mass is 10.1. The van der Waals surface area contributed by atoms with Gasteiger partial charge in [-0.25, -0.2) is 4.39 Å². The minimum Gasteiger partial charge on any atom is -0.293 e. The second-order valence-corrected chi connectivity index (χ2v) is 4.26. The van der Waals surface area contributed by atoms with Gasteiger partial charge in [-0.15, -0.1) is 11.3 Å². The average Bonchev–Trinajstić information content (AvgIpc) is 2.62. The number of halogens is 2. The number of hydrogen-bond donors (Lipinski definition) is 0. The molecule has 0 amide bonds. The first-order chi connectivity index (χ1) is 6.74. The van der Waals surface area contributed by atoms with E-state index < -0.39 is 0 Å². The Balaban J connectivity index is 2.70. The van der Waals surface area contributed by atoms with Crippen LogP contribution in [0.3, 0.4) is 0 Å². The summed E-state index contributed by atoms with van der Waals surface area (Å²) in [7, 11) is 0. The zero-order valence-corrected chi connectivity index (χ0v) is 9.49. The molecule has 0 N–H and O–H groups in total. The van der Waals surface area contributed by atoms with Crippen LogP contribution < -0.4 is 0 Å². The number of rotatable bonds is 2. The summed E-state index contributed by atoms with van der Waals surface area (Å²) in [6.45, 7) is 0. The van der Waals surface area contributed by atoms with Gasteiger partial charge in [-0.3, -0.25) is 4.79 Å². The molecule has 0 atom stereocenters. The highest BCUT2D eigenvalue weighted by atomic mass is 79.9. The van der Waals surface area contributed by atoms with Crippen LogP contribution in [0.5, 0.6) is 0 Å². The highest BCUT2D eigenvalue weighted by molar-refractivity contribution is 9.09. The molecule has 14 heavy (non-hydrogen) atoms. The molecule has 1 aromatic heterocycles. The average molecular weight is 273 g/mol. The molecule has 0 fully saturated rings.